The number of ether oxygens (including phenoxy) is 1. The lowest BCUT2D eigenvalue weighted by atomic mass is 10.1. The molecule has 4 aromatic rings. The summed E-state index contributed by atoms with van der Waals surface area (Å²) in [5.74, 6) is -0.104. The summed E-state index contributed by atoms with van der Waals surface area (Å²) in [5.41, 5.74) is 7.41. The Morgan fingerprint density at radius 2 is 2.03 bits per heavy atom. The molecule has 2 aromatic carbocycles. The Hall–Kier alpha value is -3.98. The van der Waals surface area contributed by atoms with Crippen molar-refractivity contribution in [2.45, 2.75) is 25.8 Å². The van der Waals surface area contributed by atoms with Crippen LogP contribution in [0.1, 0.15) is 28.8 Å². The fourth-order valence-corrected chi connectivity index (χ4v) is 4.03. The average Bonchev–Trinajstić information content (AvgIpc) is 3.58. The van der Waals surface area contributed by atoms with Crippen LogP contribution < -0.4 is 15.8 Å². The van der Waals surface area contributed by atoms with Crippen molar-refractivity contribution in [1.82, 2.24) is 14.5 Å². The Labute approximate surface area is 204 Å². The van der Waals surface area contributed by atoms with E-state index < -0.39 is 5.91 Å². The third-order valence-electron chi connectivity index (χ3n) is 5.70. The number of halogens is 2. The Morgan fingerprint density at radius 3 is 2.77 bits per heavy atom. The number of pyridine rings is 1. The quantitative estimate of drug-likeness (QED) is 0.369. The number of hydrogen-bond acceptors (Lipinski definition) is 5. The van der Waals surface area contributed by atoms with Gasteiger partial charge in [-0.25, -0.2) is 14.4 Å². The maximum Gasteiger partial charge on any atom is 0.254 e. The predicted molar refractivity (Wildman–Crippen MR) is 129 cm³/mol. The van der Waals surface area contributed by atoms with Gasteiger partial charge in [-0.2, -0.15) is 0 Å². The highest BCUT2D eigenvalue weighted by molar-refractivity contribution is 6.32. The van der Waals surface area contributed by atoms with Gasteiger partial charge in [0.05, 0.1) is 22.5 Å². The van der Waals surface area contributed by atoms with Crippen LogP contribution in [0.5, 0.6) is 11.6 Å². The zero-order valence-corrected chi connectivity index (χ0v) is 19.3. The first kappa shape index (κ1) is 22.8. The standard InChI is InChI=1S/C25H21ClFN5O3/c26-18-10-15(5-8-21(18)35-24-17(23(28)34)2-1-9-29-24)11-22(33)31-25-30-19-7-6-16(27)12-20(19)32(25)13-14-3-4-14/h1-2,5-10,12,14H,3-4,11,13H2,(H2,28,34)(H,30,31,33). The van der Waals surface area contributed by atoms with E-state index in [9.17, 15) is 14.0 Å². The lowest BCUT2D eigenvalue weighted by molar-refractivity contribution is -0.115. The molecule has 0 saturated heterocycles. The molecule has 178 valence electrons. The van der Waals surface area contributed by atoms with Gasteiger partial charge in [0.1, 0.15) is 17.1 Å². The van der Waals surface area contributed by atoms with E-state index in [1.165, 1.54) is 24.4 Å². The molecule has 10 heteroatoms. The number of imidazole rings is 1. The molecule has 1 aliphatic carbocycles. The second-order valence-electron chi connectivity index (χ2n) is 8.43. The summed E-state index contributed by atoms with van der Waals surface area (Å²) in [6, 6.07) is 12.4. The SMILES string of the molecule is NC(=O)c1cccnc1Oc1ccc(CC(=O)Nc2nc3ccc(F)cc3n2CC2CC2)cc1Cl. The molecule has 0 radical (unpaired) electrons. The van der Waals surface area contributed by atoms with Crippen molar-refractivity contribution in [3.8, 4) is 11.6 Å². The number of fused-ring (bicyclic) bond motifs is 1. The van der Waals surface area contributed by atoms with E-state index in [2.05, 4.69) is 15.3 Å². The number of nitrogens with two attached hydrogens (primary N) is 1. The molecule has 0 bridgehead atoms. The molecule has 0 unspecified atom stereocenters. The number of nitrogens with zero attached hydrogens (tertiary/aromatic N) is 3. The summed E-state index contributed by atoms with van der Waals surface area (Å²) in [6.45, 7) is 0.675. The van der Waals surface area contributed by atoms with Crippen LogP contribution in [-0.2, 0) is 17.8 Å². The molecule has 5 rings (SSSR count). The minimum absolute atomic E-state index is 0.0388. The highest BCUT2D eigenvalue weighted by atomic mass is 35.5. The van der Waals surface area contributed by atoms with Crippen LogP contribution in [0, 0.1) is 11.7 Å². The van der Waals surface area contributed by atoms with Crippen LogP contribution in [0.3, 0.4) is 0 Å². The van der Waals surface area contributed by atoms with Gasteiger partial charge in [0.25, 0.3) is 5.91 Å². The molecule has 1 aliphatic rings. The summed E-state index contributed by atoms with van der Waals surface area (Å²) >= 11 is 6.36. The molecule has 2 heterocycles. The average molecular weight is 494 g/mol. The lowest BCUT2D eigenvalue weighted by Crippen LogP contribution is -2.18. The fraction of sp³-hybridized carbons (Fsp3) is 0.200. The van der Waals surface area contributed by atoms with E-state index >= 15 is 0 Å². The predicted octanol–water partition coefficient (Wildman–Crippen LogP) is 4.71. The number of aromatic nitrogens is 3. The van der Waals surface area contributed by atoms with E-state index in [4.69, 9.17) is 22.1 Å². The summed E-state index contributed by atoms with van der Waals surface area (Å²) in [5, 5.41) is 3.09. The number of rotatable bonds is 8. The molecule has 35 heavy (non-hydrogen) atoms. The van der Waals surface area contributed by atoms with E-state index in [1.807, 2.05) is 4.57 Å². The zero-order chi connectivity index (χ0) is 24.5. The molecular formula is C25H21ClFN5O3. The summed E-state index contributed by atoms with van der Waals surface area (Å²) in [6.07, 6.45) is 3.72. The third kappa shape index (κ3) is 5.09. The van der Waals surface area contributed by atoms with Crippen LogP contribution in [-0.4, -0.2) is 26.3 Å². The van der Waals surface area contributed by atoms with Crippen molar-refractivity contribution in [2.75, 3.05) is 5.32 Å². The summed E-state index contributed by atoms with van der Waals surface area (Å²) in [4.78, 5) is 32.9. The first-order valence-electron chi connectivity index (χ1n) is 11.0. The van der Waals surface area contributed by atoms with Gasteiger partial charge in [-0.3, -0.25) is 14.9 Å². The molecule has 1 fully saturated rings. The van der Waals surface area contributed by atoms with Crippen molar-refractivity contribution >= 4 is 40.4 Å². The first-order valence-corrected chi connectivity index (χ1v) is 11.4. The van der Waals surface area contributed by atoms with Gasteiger partial charge in [-0.15, -0.1) is 0 Å². The number of primary amides is 1. The van der Waals surface area contributed by atoms with Gasteiger partial charge < -0.3 is 15.0 Å². The largest absolute Gasteiger partial charge is 0.437 e. The van der Waals surface area contributed by atoms with E-state index in [0.29, 0.717) is 35.0 Å². The number of hydrogen-bond donors (Lipinski definition) is 2. The normalized spacial score (nSPS) is 13.1. The van der Waals surface area contributed by atoms with Crippen molar-refractivity contribution < 1.29 is 18.7 Å². The van der Waals surface area contributed by atoms with Crippen LogP contribution in [0.15, 0.2) is 54.7 Å². The molecule has 8 nitrogen and oxygen atoms in total. The van der Waals surface area contributed by atoms with Crippen LogP contribution in [0.25, 0.3) is 11.0 Å². The van der Waals surface area contributed by atoms with E-state index in [1.54, 1.807) is 30.3 Å². The number of nitrogens with one attached hydrogen (secondary N) is 1. The van der Waals surface area contributed by atoms with Gasteiger partial charge in [-0.1, -0.05) is 17.7 Å². The number of amides is 2. The Morgan fingerprint density at radius 1 is 1.20 bits per heavy atom. The topological polar surface area (TPSA) is 112 Å². The highest BCUT2D eigenvalue weighted by Crippen LogP contribution is 2.34. The number of carbonyl (C=O) groups is 2. The number of carbonyl (C=O) groups excluding carboxylic acids is 2. The van der Waals surface area contributed by atoms with Gasteiger partial charge in [0.15, 0.2) is 0 Å². The summed E-state index contributed by atoms with van der Waals surface area (Å²) in [7, 11) is 0. The van der Waals surface area contributed by atoms with Gasteiger partial charge in [0, 0.05) is 12.7 Å². The molecule has 2 amide bonds. The maximum absolute atomic E-state index is 13.8. The third-order valence-corrected chi connectivity index (χ3v) is 6.00. The van der Waals surface area contributed by atoms with E-state index in [-0.39, 0.29) is 40.4 Å². The lowest BCUT2D eigenvalue weighted by Gasteiger charge is -2.11. The maximum atomic E-state index is 13.8. The molecule has 2 aromatic heterocycles. The minimum Gasteiger partial charge on any atom is -0.437 e. The fourth-order valence-electron chi connectivity index (χ4n) is 3.79. The minimum atomic E-state index is -0.673. The molecular weight excluding hydrogens is 473 g/mol. The summed E-state index contributed by atoms with van der Waals surface area (Å²) < 4.78 is 21.4. The Balaban J connectivity index is 1.32. The number of benzene rings is 2. The van der Waals surface area contributed by atoms with Crippen molar-refractivity contribution in [3.63, 3.8) is 0 Å². The smallest absolute Gasteiger partial charge is 0.254 e. The molecule has 3 N–H and O–H groups in total. The second-order valence-corrected chi connectivity index (χ2v) is 8.84. The van der Waals surface area contributed by atoms with Gasteiger partial charge in [0.2, 0.25) is 17.7 Å². The van der Waals surface area contributed by atoms with Gasteiger partial charge in [-0.05, 0) is 66.8 Å². The first-order chi connectivity index (χ1) is 16.9. The molecule has 0 aliphatic heterocycles. The zero-order valence-electron chi connectivity index (χ0n) is 18.5. The van der Waals surface area contributed by atoms with E-state index in [0.717, 1.165) is 12.8 Å². The molecule has 1 saturated carbocycles. The highest BCUT2D eigenvalue weighted by Gasteiger charge is 2.25. The van der Waals surface area contributed by atoms with Crippen LogP contribution >= 0.6 is 11.6 Å². The van der Waals surface area contributed by atoms with Crippen molar-refractivity contribution in [1.29, 1.82) is 0 Å². The Bertz CT molecular complexity index is 1450. The van der Waals surface area contributed by atoms with Crippen molar-refractivity contribution in [3.05, 3.63) is 76.7 Å². The Kier molecular flexibility index (Phi) is 6.08. The molecule has 0 spiro atoms. The van der Waals surface area contributed by atoms with Crippen LogP contribution in [0.2, 0.25) is 5.02 Å². The van der Waals surface area contributed by atoms with Crippen molar-refractivity contribution in [2.24, 2.45) is 11.7 Å². The monoisotopic (exact) mass is 493 g/mol. The number of anilines is 1. The second kappa shape index (κ2) is 9.34. The van der Waals surface area contributed by atoms with Crippen LogP contribution in [0.4, 0.5) is 10.3 Å². The van der Waals surface area contributed by atoms with Gasteiger partial charge >= 0.3 is 0 Å². The molecule has 0 atom stereocenters.